The van der Waals surface area contributed by atoms with E-state index in [4.69, 9.17) is 11.6 Å². The van der Waals surface area contributed by atoms with Crippen molar-refractivity contribution in [1.82, 2.24) is 0 Å². The number of hydrogen-bond acceptors (Lipinski definition) is 2. The Morgan fingerprint density at radius 1 is 1.33 bits per heavy atom. The topological polar surface area (TPSA) is 29.1 Å². The Bertz CT molecular complexity index is 612. The number of thiophene rings is 1. The summed E-state index contributed by atoms with van der Waals surface area (Å²) in [6, 6.07) is 7.19. The number of hydrogen-bond donors (Lipinski definition) is 1. The van der Waals surface area contributed by atoms with Gasteiger partial charge in [-0.2, -0.15) is 0 Å². The summed E-state index contributed by atoms with van der Waals surface area (Å²) >= 11 is 14.1. The molecular formula is C12H8Br2ClNOS. The van der Waals surface area contributed by atoms with Crippen LogP contribution in [-0.4, -0.2) is 5.91 Å². The monoisotopic (exact) mass is 407 g/mol. The second-order valence-corrected chi connectivity index (χ2v) is 7.84. The molecule has 2 nitrogen and oxygen atoms in total. The lowest BCUT2D eigenvalue weighted by atomic mass is 10.2. The first kappa shape index (κ1) is 14.1. The van der Waals surface area contributed by atoms with Crippen molar-refractivity contribution in [2.75, 3.05) is 5.32 Å². The van der Waals surface area contributed by atoms with E-state index in [0.29, 0.717) is 10.6 Å². The Balaban J connectivity index is 2.26. The molecule has 0 aliphatic rings. The molecule has 0 saturated carbocycles. The van der Waals surface area contributed by atoms with Gasteiger partial charge in [0, 0.05) is 10.7 Å². The quantitative estimate of drug-likeness (QED) is 0.698. The molecule has 2 aromatic rings. The molecule has 0 fully saturated rings. The van der Waals surface area contributed by atoms with E-state index in [-0.39, 0.29) is 5.91 Å². The third-order valence-corrected chi connectivity index (χ3v) is 4.92. The van der Waals surface area contributed by atoms with Gasteiger partial charge in [0.1, 0.15) is 0 Å². The minimum atomic E-state index is -0.158. The Morgan fingerprint density at radius 3 is 2.67 bits per heavy atom. The van der Waals surface area contributed by atoms with E-state index in [1.54, 1.807) is 18.2 Å². The van der Waals surface area contributed by atoms with Gasteiger partial charge in [0.25, 0.3) is 5.91 Å². The normalized spacial score (nSPS) is 10.4. The van der Waals surface area contributed by atoms with Crippen LogP contribution in [-0.2, 0) is 0 Å². The predicted molar refractivity (Wildman–Crippen MR) is 83.9 cm³/mol. The molecule has 1 aromatic carbocycles. The first-order valence-corrected chi connectivity index (χ1v) is 7.78. The summed E-state index contributed by atoms with van der Waals surface area (Å²) < 4.78 is 1.70. The van der Waals surface area contributed by atoms with Crippen molar-refractivity contribution in [2.24, 2.45) is 0 Å². The number of benzene rings is 1. The molecule has 1 amide bonds. The molecule has 2 rings (SSSR count). The Labute approximate surface area is 131 Å². The van der Waals surface area contributed by atoms with Crippen LogP contribution in [0.1, 0.15) is 15.9 Å². The standard InChI is InChI=1S/C12H8Br2ClNOS/c1-6-2-3-7(15)4-9(6)16-12(17)8-5-10(13)18-11(8)14/h2-5H,1H3,(H,16,17). The van der Waals surface area contributed by atoms with Crippen LogP contribution >= 0.6 is 54.8 Å². The van der Waals surface area contributed by atoms with Crippen LogP contribution in [0.5, 0.6) is 0 Å². The number of aryl methyl sites for hydroxylation is 1. The van der Waals surface area contributed by atoms with Gasteiger partial charge in [-0.05, 0) is 62.5 Å². The molecule has 0 atom stereocenters. The van der Waals surface area contributed by atoms with Crippen LogP contribution in [0.2, 0.25) is 5.02 Å². The van der Waals surface area contributed by atoms with Crippen molar-refractivity contribution in [3.8, 4) is 0 Å². The fourth-order valence-corrected chi connectivity index (χ4v) is 4.38. The van der Waals surface area contributed by atoms with Crippen LogP contribution in [0, 0.1) is 6.92 Å². The first-order chi connectivity index (χ1) is 8.47. The van der Waals surface area contributed by atoms with E-state index in [1.165, 1.54) is 11.3 Å². The lowest BCUT2D eigenvalue weighted by Gasteiger charge is -2.08. The second kappa shape index (κ2) is 5.74. The van der Waals surface area contributed by atoms with E-state index >= 15 is 0 Å². The van der Waals surface area contributed by atoms with Gasteiger partial charge in [-0.1, -0.05) is 17.7 Å². The first-order valence-electron chi connectivity index (χ1n) is 4.99. The molecule has 1 N–H and O–H groups in total. The maximum Gasteiger partial charge on any atom is 0.257 e. The Kier molecular flexibility index (Phi) is 4.48. The van der Waals surface area contributed by atoms with Crippen molar-refractivity contribution in [3.63, 3.8) is 0 Å². The minimum absolute atomic E-state index is 0.158. The van der Waals surface area contributed by atoms with Gasteiger partial charge >= 0.3 is 0 Å². The highest BCUT2D eigenvalue weighted by Gasteiger charge is 2.14. The second-order valence-electron chi connectivity index (χ2n) is 3.65. The molecular weight excluding hydrogens is 401 g/mol. The molecule has 0 radical (unpaired) electrons. The lowest BCUT2D eigenvalue weighted by molar-refractivity contribution is 0.102. The Morgan fingerprint density at radius 2 is 2.06 bits per heavy atom. The highest BCUT2D eigenvalue weighted by Crippen LogP contribution is 2.32. The summed E-state index contributed by atoms with van der Waals surface area (Å²) in [5, 5.41) is 3.45. The van der Waals surface area contributed by atoms with Crippen LogP contribution in [0.25, 0.3) is 0 Å². The van der Waals surface area contributed by atoms with Gasteiger partial charge in [0.15, 0.2) is 0 Å². The highest BCUT2D eigenvalue weighted by molar-refractivity contribution is 9.12. The van der Waals surface area contributed by atoms with Crippen molar-refractivity contribution in [2.45, 2.75) is 6.92 Å². The smallest absolute Gasteiger partial charge is 0.257 e. The number of carbonyl (C=O) groups excluding carboxylic acids is 1. The molecule has 0 saturated heterocycles. The number of nitrogens with one attached hydrogen (secondary N) is 1. The summed E-state index contributed by atoms with van der Waals surface area (Å²) in [5.74, 6) is -0.158. The number of amides is 1. The van der Waals surface area contributed by atoms with Crippen LogP contribution in [0.4, 0.5) is 5.69 Å². The molecule has 6 heteroatoms. The van der Waals surface area contributed by atoms with Gasteiger partial charge in [0.2, 0.25) is 0 Å². The predicted octanol–water partition coefficient (Wildman–Crippen LogP) is 5.49. The lowest BCUT2D eigenvalue weighted by Crippen LogP contribution is -2.12. The third-order valence-electron chi connectivity index (χ3n) is 2.35. The van der Waals surface area contributed by atoms with Gasteiger partial charge in [-0.15, -0.1) is 11.3 Å². The van der Waals surface area contributed by atoms with E-state index in [2.05, 4.69) is 37.2 Å². The zero-order valence-electron chi connectivity index (χ0n) is 9.26. The maximum atomic E-state index is 12.1. The fraction of sp³-hybridized carbons (Fsp3) is 0.0833. The summed E-state index contributed by atoms with van der Waals surface area (Å²) in [6.45, 7) is 1.92. The summed E-state index contributed by atoms with van der Waals surface area (Å²) in [4.78, 5) is 12.1. The average Bonchev–Trinajstić information content (AvgIpc) is 2.63. The molecule has 1 aromatic heterocycles. The van der Waals surface area contributed by atoms with Crippen molar-refractivity contribution >= 4 is 66.4 Å². The molecule has 0 bridgehead atoms. The highest BCUT2D eigenvalue weighted by atomic mass is 79.9. The van der Waals surface area contributed by atoms with Crippen LogP contribution in [0.3, 0.4) is 0 Å². The van der Waals surface area contributed by atoms with Crippen molar-refractivity contribution in [3.05, 3.63) is 48.0 Å². The largest absolute Gasteiger partial charge is 0.322 e. The molecule has 1 heterocycles. The van der Waals surface area contributed by atoms with E-state index in [1.807, 2.05) is 13.0 Å². The third kappa shape index (κ3) is 3.15. The van der Waals surface area contributed by atoms with Gasteiger partial charge in [-0.3, -0.25) is 4.79 Å². The molecule has 0 spiro atoms. The van der Waals surface area contributed by atoms with Gasteiger partial charge in [0.05, 0.1) is 13.1 Å². The van der Waals surface area contributed by atoms with Gasteiger partial charge < -0.3 is 5.32 Å². The average molecular weight is 410 g/mol. The molecule has 94 valence electrons. The summed E-state index contributed by atoms with van der Waals surface area (Å²) in [5.41, 5.74) is 2.30. The summed E-state index contributed by atoms with van der Waals surface area (Å²) in [6.07, 6.45) is 0. The summed E-state index contributed by atoms with van der Waals surface area (Å²) in [7, 11) is 0. The zero-order valence-corrected chi connectivity index (χ0v) is 14.0. The zero-order chi connectivity index (χ0) is 13.3. The number of anilines is 1. The molecule has 0 aliphatic carbocycles. The number of rotatable bonds is 2. The van der Waals surface area contributed by atoms with Crippen LogP contribution < -0.4 is 5.32 Å². The Hall–Kier alpha value is -0.360. The van der Waals surface area contributed by atoms with Crippen LogP contribution in [0.15, 0.2) is 31.8 Å². The SMILES string of the molecule is Cc1ccc(Cl)cc1NC(=O)c1cc(Br)sc1Br. The van der Waals surface area contributed by atoms with Gasteiger partial charge in [-0.25, -0.2) is 0 Å². The molecule has 0 unspecified atom stereocenters. The maximum absolute atomic E-state index is 12.1. The fourth-order valence-electron chi connectivity index (χ4n) is 1.41. The van der Waals surface area contributed by atoms with E-state index in [0.717, 1.165) is 18.8 Å². The van der Waals surface area contributed by atoms with Crippen molar-refractivity contribution < 1.29 is 4.79 Å². The molecule has 18 heavy (non-hydrogen) atoms. The van der Waals surface area contributed by atoms with E-state index in [9.17, 15) is 4.79 Å². The molecule has 0 aliphatic heterocycles. The number of halogens is 3. The minimum Gasteiger partial charge on any atom is -0.322 e. The number of carbonyl (C=O) groups is 1. The van der Waals surface area contributed by atoms with Crippen molar-refractivity contribution in [1.29, 1.82) is 0 Å². The van der Waals surface area contributed by atoms with E-state index < -0.39 is 0 Å².